The van der Waals surface area contributed by atoms with E-state index in [1.54, 1.807) is 0 Å². The highest BCUT2D eigenvalue weighted by Gasteiger charge is 2.29. The lowest BCUT2D eigenvalue weighted by atomic mass is 10.1. The van der Waals surface area contributed by atoms with E-state index in [-0.39, 0.29) is 11.8 Å². The van der Waals surface area contributed by atoms with Crippen molar-refractivity contribution in [3.8, 4) is 0 Å². The van der Waals surface area contributed by atoms with Gasteiger partial charge in [-0.25, -0.2) is 0 Å². The number of aromatic nitrogens is 1. The van der Waals surface area contributed by atoms with Crippen molar-refractivity contribution in [1.82, 2.24) is 14.8 Å². The second-order valence-electron chi connectivity index (χ2n) is 5.97. The average molecular weight is 319 g/mol. The third-order valence-electron chi connectivity index (χ3n) is 4.34. The van der Waals surface area contributed by atoms with E-state index in [1.807, 2.05) is 31.9 Å². The molecule has 1 amide bonds. The second-order valence-corrected chi connectivity index (χ2v) is 5.97. The molecular weight excluding hydrogens is 290 g/mol. The van der Waals surface area contributed by atoms with Crippen LogP contribution in [0.3, 0.4) is 0 Å². The zero-order valence-corrected chi connectivity index (χ0v) is 14.6. The minimum absolute atomic E-state index is 0.0952. The zero-order valence-electron chi connectivity index (χ0n) is 14.6. The van der Waals surface area contributed by atoms with Gasteiger partial charge in [0.2, 0.25) is 5.91 Å². The van der Waals surface area contributed by atoms with E-state index in [0.29, 0.717) is 6.61 Å². The maximum absolute atomic E-state index is 12.3. The van der Waals surface area contributed by atoms with Crippen LogP contribution in [0.1, 0.15) is 31.5 Å². The standard InChI is InChI=1S/C16H23N3O2.C2H6/c1-13-2-3-14(10-17-13)11-18-5-7-19(8-6-18)16(20)15-4-9-21-12-15;1-2/h2-3,10,15H,4-9,11-12H2,1H3;1-2H3. The van der Waals surface area contributed by atoms with E-state index < -0.39 is 0 Å². The molecule has 2 aliphatic rings. The quantitative estimate of drug-likeness (QED) is 0.856. The van der Waals surface area contributed by atoms with Crippen LogP contribution in [0.5, 0.6) is 0 Å². The van der Waals surface area contributed by atoms with Crippen molar-refractivity contribution in [3.63, 3.8) is 0 Å². The summed E-state index contributed by atoms with van der Waals surface area (Å²) in [5.41, 5.74) is 2.29. The maximum Gasteiger partial charge on any atom is 0.228 e. The van der Waals surface area contributed by atoms with Gasteiger partial charge in [-0.3, -0.25) is 14.7 Å². The highest BCUT2D eigenvalue weighted by molar-refractivity contribution is 5.79. The Hall–Kier alpha value is -1.46. The summed E-state index contributed by atoms with van der Waals surface area (Å²) in [6.07, 6.45) is 2.83. The molecule has 5 heteroatoms. The number of amides is 1. The number of pyridine rings is 1. The molecule has 3 heterocycles. The Bertz CT molecular complexity index is 476. The summed E-state index contributed by atoms with van der Waals surface area (Å²) in [4.78, 5) is 21.0. The SMILES string of the molecule is CC.Cc1ccc(CN2CCN(C(=O)C3CCOC3)CC2)cn1. The Kier molecular flexibility index (Phi) is 6.99. The first-order valence-electron chi connectivity index (χ1n) is 8.73. The molecule has 0 bridgehead atoms. The van der Waals surface area contributed by atoms with E-state index in [4.69, 9.17) is 4.74 Å². The van der Waals surface area contributed by atoms with Gasteiger partial charge in [0.25, 0.3) is 0 Å². The summed E-state index contributed by atoms with van der Waals surface area (Å²) in [5, 5.41) is 0. The zero-order chi connectivity index (χ0) is 16.7. The van der Waals surface area contributed by atoms with Crippen LogP contribution in [-0.2, 0) is 16.1 Å². The van der Waals surface area contributed by atoms with Gasteiger partial charge >= 0.3 is 0 Å². The first-order valence-corrected chi connectivity index (χ1v) is 8.73. The lowest BCUT2D eigenvalue weighted by Crippen LogP contribution is -2.50. The number of carbonyl (C=O) groups is 1. The lowest BCUT2D eigenvalue weighted by Gasteiger charge is -2.35. The Morgan fingerprint density at radius 2 is 2.00 bits per heavy atom. The van der Waals surface area contributed by atoms with Crippen molar-refractivity contribution in [1.29, 1.82) is 0 Å². The summed E-state index contributed by atoms with van der Waals surface area (Å²) in [7, 11) is 0. The van der Waals surface area contributed by atoms with Crippen LogP contribution in [0, 0.1) is 12.8 Å². The van der Waals surface area contributed by atoms with E-state index in [1.165, 1.54) is 5.56 Å². The molecule has 2 saturated heterocycles. The number of hydrogen-bond acceptors (Lipinski definition) is 4. The number of aryl methyl sites for hydroxylation is 1. The molecule has 1 aromatic rings. The van der Waals surface area contributed by atoms with E-state index in [2.05, 4.69) is 22.0 Å². The highest BCUT2D eigenvalue weighted by Crippen LogP contribution is 2.17. The monoisotopic (exact) mass is 319 g/mol. The molecule has 1 aromatic heterocycles. The molecule has 0 aromatic carbocycles. The Morgan fingerprint density at radius 3 is 2.57 bits per heavy atom. The van der Waals surface area contributed by atoms with Crippen LogP contribution < -0.4 is 0 Å². The molecule has 2 aliphatic heterocycles. The summed E-state index contributed by atoms with van der Waals surface area (Å²) < 4.78 is 5.31. The number of ether oxygens (including phenoxy) is 1. The topological polar surface area (TPSA) is 45.7 Å². The Labute approximate surface area is 139 Å². The molecule has 2 fully saturated rings. The number of piperazine rings is 1. The Balaban J connectivity index is 0.000000924. The van der Waals surface area contributed by atoms with Crippen LogP contribution in [0.2, 0.25) is 0 Å². The van der Waals surface area contributed by atoms with Gasteiger partial charge < -0.3 is 9.64 Å². The van der Waals surface area contributed by atoms with Gasteiger partial charge in [0.15, 0.2) is 0 Å². The fourth-order valence-electron chi connectivity index (χ4n) is 2.96. The summed E-state index contributed by atoms with van der Waals surface area (Å²) in [6.45, 7) is 11.8. The third kappa shape index (κ3) is 5.01. The lowest BCUT2D eigenvalue weighted by molar-refractivity contribution is -0.137. The number of carbonyl (C=O) groups excluding carboxylic acids is 1. The molecule has 0 radical (unpaired) electrons. The predicted molar refractivity (Wildman–Crippen MR) is 91.1 cm³/mol. The molecule has 0 N–H and O–H groups in total. The molecule has 0 aliphatic carbocycles. The first kappa shape index (κ1) is 17.9. The van der Waals surface area contributed by atoms with Gasteiger partial charge in [-0.05, 0) is 25.0 Å². The molecule has 128 valence electrons. The fourth-order valence-corrected chi connectivity index (χ4v) is 2.96. The number of nitrogens with zero attached hydrogens (tertiary/aromatic N) is 3. The van der Waals surface area contributed by atoms with Gasteiger partial charge in [0, 0.05) is 51.2 Å². The molecule has 0 spiro atoms. The van der Waals surface area contributed by atoms with Crippen molar-refractivity contribution in [3.05, 3.63) is 29.6 Å². The fraction of sp³-hybridized carbons (Fsp3) is 0.667. The molecule has 1 atom stereocenters. The number of rotatable bonds is 3. The van der Waals surface area contributed by atoms with Crippen LogP contribution in [0.4, 0.5) is 0 Å². The summed E-state index contributed by atoms with van der Waals surface area (Å²) >= 11 is 0. The Morgan fingerprint density at radius 1 is 1.26 bits per heavy atom. The highest BCUT2D eigenvalue weighted by atomic mass is 16.5. The second kappa shape index (κ2) is 8.99. The van der Waals surface area contributed by atoms with E-state index in [9.17, 15) is 4.79 Å². The normalized spacial score (nSPS) is 21.7. The molecule has 1 unspecified atom stereocenters. The van der Waals surface area contributed by atoms with Crippen molar-refractivity contribution in [2.24, 2.45) is 5.92 Å². The molecule has 3 rings (SSSR count). The molecule has 23 heavy (non-hydrogen) atoms. The van der Waals surface area contributed by atoms with Gasteiger partial charge in [-0.15, -0.1) is 0 Å². The summed E-state index contributed by atoms with van der Waals surface area (Å²) in [6, 6.07) is 4.19. The van der Waals surface area contributed by atoms with Crippen LogP contribution >= 0.6 is 0 Å². The van der Waals surface area contributed by atoms with Crippen molar-refractivity contribution < 1.29 is 9.53 Å². The van der Waals surface area contributed by atoms with Gasteiger partial charge in [-0.2, -0.15) is 0 Å². The van der Waals surface area contributed by atoms with Crippen LogP contribution in [0.15, 0.2) is 18.3 Å². The van der Waals surface area contributed by atoms with Crippen LogP contribution in [-0.4, -0.2) is 60.1 Å². The number of hydrogen-bond donors (Lipinski definition) is 0. The molecule has 0 saturated carbocycles. The van der Waals surface area contributed by atoms with E-state index in [0.717, 1.165) is 51.4 Å². The minimum atomic E-state index is 0.0952. The van der Waals surface area contributed by atoms with Gasteiger partial charge in [0.1, 0.15) is 0 Å². The van der Waals surface area contributed by atoms with Crippen molar-refractivity contribution in [2.75, 3.05) is 39.4 Å². The first-order chi connectivity index (χ1) is 11.2. The summed E-state index contributed by atoms with van der Waals surface area (Å²) in [5.74, 6) is 0.377. The van der Waals surface area contributed by atoms with Crippen LogP contribution in [0.25, 0.3) is 0 Å². The van der Waals surface area contributed by atoms with Gasteiger partial charge in [-0.1, -0.05) is 19.9 Å². The van der Waals surface area contributed by atoms with Crippen molar-refractivity contribution >= 4 is 5.91 Å². The molecular formula is C18H29N3O2. The van der Waals surface area contributed by atoms with Crippen molar-refractivity contribution in [2.45, 2.75) is 33.7 Å². The average Bonchev–Trinajstić information content (AvgIpc) is 3.13. The molecule has 5 nitrogen and oxygen atoms in total. The van der Waals surface area contributed by atoms with E-state index >= 15 is 0 Å². The van der Waals surface area contributed by atoms with Gasteiger partial charge in [0.05, 0.1) is 12.5 Å². The minimum Gasteiger partial charge on any atom is -0.381 e. The predicted octanol–water partition coefficient (Wildman–Crippen LogP) is 2.10. The smallest absolute Gasteiger partial charge is 0.228 e. The third-order valence-corrected chi connectivity index (χ3v) is 4.34. The largest absolute Gasteiger partial charge is 0.381 e. The maximum atomic E-state index is 12.3.